The molecule has 0 spiro atoms. The summed E-state index contributed by atoms with van der Waals surface area (Å²) in [5.41, 5.74) is 1.33. The van der Waals surface area contributed by atoms with Crippen LogP contribution in [0, 0.1) is 6.92 Å². The number of esters is 1. The van der Waals surface area contributed by atoms with Crippen LogP contribution >= 0.6 is 15.9 Å². The summed E-state index contributed by atoms with van der Waals surface area (Å²) in [6, 6.07) is 13.2. The number of nitrogens with two attached hydrogens (primary N) is 1. The predicted octanol–water partition coefficient (Wildman–Crippen LogP) is 3.42. The summed E-state index contributed by atoms with van der Waals surface area (Å²) in [5.74, 6) is 0.242. The van der Waals surface area contributed by atoms with E-state index in [0.29, 0.717) is 21.8 Å². The Morgan fingerprint density at radius 3 is 2.59 bits per heavy atom. The van der Waals surface area contributed by atoms with Crippen molar-refractivity contribution in [1.29, 1.82) is 0 Å². The second-order valence-corrected chi connectivity index (χ2v) is 8.07. The molecule has 1 heterocycles. The van der Waals surface area contributed by atoms with Crippen molar-refractivity contribution in [2.24, 2.45) is 5.14 Å². The molecule has 3 aromatic rings. The molecule has 0 aliphatic heterocycles. The highest BCUT2D eigenvalue weighted by Gasteiger charge is 2.18. The SMILES string of the molecule is Cc1oc(-c2ccccc2)nc1COC(=O)c1cc(S(N)(=O)=O)ccc1Br. The minimum Gasteiger partial charge on any atom is -0.455 e. The van der Waals surface area contributed by atoms with E-state index in [0.717, 1.165) is 11.6 Å². The predicted molar refractivity (Wildman–Crippen MR) is 101 cm³/mol. The number of oxazole rings is 1. The Hall–Kier alpha value is -2.49. The maximum atomic E-state index is 12.4. The molecular formula is C18H15BrN2O5S. The first kappa shape index (κ1) is 19.3. The van der Waals surface area contributed by atoms with Crippen LogP contribution < -0.4 is 5.14 Å². The lowest BCUT2D eigenvalue weighted by molar-refractivity contribution is 0.0465. The average molecular weight is 451 g/mol. The zero-order valence-electron chi connectivity index (χ0n) is 14.2. The van der Waals surface area contributed by atoms with E-state index in [4.69, 9.17) is 14.3 Å². The van der Waals surface area contributed by atoms with Gasteiger partial charge in [0.25, 0.3) is 0 Å². The van der Waals surface area contributed by atoms with Gasteiger partial charge in [-0.3, -0.25) is 0 Å². The molecule has 2 aromatic carbocycles. The fourth-order valence-corrected chi connectivity index (χ4v) is 3.26. The second kappa shape index (κ2) is 7.63. The number of hydrogen-bond donors (Lipinski definition) is 1. The number of halogens is 1. The number of carbonyl (C=O) groups excluding carboxylic acids is 1. The van der Waals surface area contributed by atoms with Gasteiger partial charge in [0.15, 0.2) is 0 Å². The van der Waals surface area contributed by atoms with E-state index >= 15 is 0 Å². The van der Waals surface area contributed by atoms with Crippen LogP contribution in [0.5, 0.6) is 0 Å². The Labute approximate surface area is 164 Å². The fourth-order valence-electron chi connectivity index (χ4n) is 2.32. The Morgan fingerprint density at radius 2 is 1.93 bits per heavy atom. The fraction of sp³-hybridized carbons (Fsp3) is 0.111. The van der Waals surface area contributed by atoms with E-state index in [2.05, 4.69) is 20.9 Å². The van der Waals surface area contributed by atoms with Gasteiger partial charge in [0.2, 0.25) is 15.9 Å². The van der Waals surface area contributed by atoms with Gasteiger partial charge >= 0.3 is 5.97 Å². The minimum atomic E-state index is -3.93. The lowest BCUT2D eigenvalue weighted by atomic mass is 10.2. The van der Waals surface area contributed by atoms with Crippen molar-refractivity contribution in [2.45, 2.75) is 18.4 Å². The molecule has 0 saturated heterocycles. The lowest BCUT2D eigenvalue weighted by Crippen LogP contribution is -2.14. The molecule has 9 heteroatoms. The molecule has 2 N–H and O–H groups in total. The van der Waals surface area contributed by atoms with Crippen LogP contribution in [0.25, 0.3) is 11.5 Å². The number of rotatable bonds is 5. The van der Waals surface area contributed by atoms with Crippen molar-refractivity contribution in [3.05, 3.63) is 70.0 Å². The summed E-state index contributed by atoms with van der Waals surface area (Å²) >= 11 is 3.20. The molecule has 7 nitrogen and oxygen atoms in total. The Kier molecular flexibility index (Phi) is 5.45. The highest BCUT2D eigenvalue weighted by Crippen LogP contribution is 2.24. The third kappa shape index (κ3) is 4.44. The molecule has 0 amide bonds. The van der Waals surface area contributed by atoms with E-state index in [1.807, 2.05) is 30.3 Å². The standard InChI is InChI=1S/C18H15BrN2O5S/c1-11-16(21-17(26-11)12-5-3-2-4-6-12)10-25-18(22)14-9-13(27(20,23)24)7-8-15(14)19/h2-9H,10H2,1H3,(H2,20,23,24). The van der Waals surface area contributed by atoms with Gasteiger partial charge in [-0.25, -0.2) is 23.3 Å². The van der Waals surface area contributed by atoms with Crippen LogP contribution in [0.3, 0.4) is 0 Å². The Balaban J connectivity index is 1.78. The quantitative estimate of drug-likeness (QED) is 0.595. The normalized spacial score (nSPS) is 11.4. The lowest BCUT2D eigenvalue weighted by Gasteiger charge is -2.07. The van der Waals surface area contributed by atoms with E-state index in [1.54, 1.807) is 6.92 Å². The van der Waals surface area contributed by atoms with Gasteiger partial charge in [-0.05, 0) is 53.2 Å². The van der Waals surface area contributed by atoms with Crippen molar-refractivity contribution in [1.82, 2.24) is 4.98 Å². The molecule has 0 saturated carbocycles. The molecule has 0 bridgehead atoms. The van der Waals surface area contributed by atoms with E-state index in [-0.39, 0.29) is 17.1 Å². The number of hydrogen-bond acceptors (Lipinski definition) is 6. The van der Waals surface area contributed by atoms with Crippen molar-refractivity contribution >= 4 is 31.9 Å². The van der Waals surface area contributed by atoms with Gasteiger partial charge < -0.3 is 9.15 Å². The number of primary sulfonamides is 1. The first-order valence-corrected chi connectivity index (χ1v) is 10.1. The third-order valence-electron chi connectivity index (χ3n) is 3.74. The monoisotopic (exact) mass is 450 g/mol. The van der Waals surface area contributed by atoms with Gasteiger partial charge in [0.1, 0.15) is 18.1 Å². The van der Waals surface area contributed by atoms with E-state index in [1.165, 1.54) is 12.1 Å². The van der Waals surface area contributed by atoms with Crippen LogP contribution in [0.15, 0.2) is 62.3 Å². The zero-order chi connectivity index (χ0) is 19.6. The molecule has 0 radical (unpaired) electrons. The molecule has 0 atom stereocenters. The maximum absolute atomic E-state index is 12.4. The van der Waals surface area contributed by atoms with Gasteiger partial charge in [-0.1, -0.05) is 18.2 Å². The highest BCUT2D eigenvalue weighted by molar-refractivity contribution is 9.10. The van der Waals surface area contributed by atoms with Crippen LogP contribution in [-0.4, -0.2) is 19.4 Å². The number of sulfonamides is 1. The van der Waals surface area contributed by atoms with E-state index < -0.39 is 16.0 Å². The van der Waals surface area contributed by atoms with Crippen LogP contribution in [-0.2, 0) is 21.4 Å². The average Bonchev–Trinajstić information content (AvgIpc) is 3.00. The minimum absolute atomic E-state index is 0.0472. The molecule has 27 heavy (non-hydrogen) atoms. The zero-order valence-corrected chi connectivity index (χ0v) is 16.6. The summed E-state index contributed by atoms with van der Waals surface area (Å²) in [7, 11) is -3.93. The van der Waals surface area contributed by atoms with Gasteiger partial charge in [0, 0.05) is 10.0 Å². The number of nitrogens with zero attached hydrogens (tertiary/aromatic N) is 1. The second-order valence-electron chi connectivity index (χ2n) is 5.65. The summed E-state index contributed by atoms with van der Waals surface area (Å²) in [5, 5.41) is 5.10. The molecule has 0 aliphatic rings. The molecule has 0 unspecified atom stereocenters. The Morgan fingerprint density at radius 1 is 1.22 bits per heavy atom. The molecule has 1 aromatic heterocycles. The van der Waals surface area contributed by atoms with Crippen LogP contribution in [0.2, 0.25) is 0 Å². The van der Waals surface area contributed by atoms with Gasteiger partial charge in [-0.15, -0.1) is 0 Å². The highest BCUT2D eigenvalue weighted by atomic mass is 79.9. The van der Waals surface area contributed by atoms with Crippen molar-refractivity contribution in [3.8, 4) is 11.5 Å². The summed E-state index contributed by atoms with van der Waals surface area (Å²) in [4.78, 5) is 16.5. The number of aromatic nitrogens is 1. The van der Waals surface area contributed by atoms with Gasteiger partial charge in [-0.2, -0.15) is 0 Å². The number of ether oxygens (including phenoxy) is 1. The van der Waals surface area contributed by atoms with Crippen molar-refractivity contribution in [3.63, 3.8) is 0 Å². The van der Waals surface area contributed by atoms with E-state index in [9.17, 15) is 13.2 Å². The molecule has 140 valence electrons. The smallest absolute Gasteiger partial charge is 0.339 e. The molecule has 3 rings (SSSR count). The first-order chi connectivity index (χ1) is 12.8. The topological polar surface area (TPSA) is 112 Å². The largest absolute Gasteiger partial charge is 0.455 e. The molecule has 0 fully saturated rings. The van der Waals surface area contributed by atoms with Gasteiger partial charge in [0.05, 0.1) is 10.5 Å². The summed E-state index contributed by atoms with van der Waals surface area (Å²) in [6.07, 6.45) is 0. The van der Waals surface area contributed by atoms with Crippen molar-refractivity contribution in [2.75, 3.05) is 0 Å². The number of carbonyl (C=O) groups is 1. The molecule has 0 aliphatic carbocycles. The molecular weight excluding hydrogens is 436 g/mol. The van der Waals surface area contributed by atoms with Crippen LogP contribution in [0.4, 0.5) is 0 Å². The Bertz CT molecular complexity index is 1090. The summed E-state index contributed by atoms with van der Waals surface area (Å²) < 4.78 is 34.2. The third-order valence-corrected chi connectivity index (χ3v) is 5.34. The van der Waals surface area contributed by atoms with Crippen molar-refractivity contribution < 1.29 is 22.4 Å². The van der Waals surface area contributed by atoms with Crippen LogP contribution in [0.1, 0.15) is 21.8 Å². The number of aryl methyl sites for hydroxylation is 1. The summed E-state index contributed by atoms with van der Waals surface area (Å²) in [6.45, 7) is 1.60. The number of benzene rings is 2. The first-order valence-electron chi connectivity index (χ1n) is 7.77. The maximum Gasteiger partial charge on any atom is 0.339 e.